The van der Waals surface area contributed by atoms with Crippen LogP contribution in [0.5, 0.6) is 0 Å². The van der Waals surface area contributed by atoms with Gasteiger partial charge < -0.3 is 0 Å². The Hall–Kier alpha value is -1.26. The van der Waals surface area contributed by atoms with Crippen LogP contribution in [0.3, 0.4) is 0 Å². The van der Waals surface area contributed by atoms with Gasteiger partial charge in [0, 0.05) is 5.56 Å². The Morgan fingerprint density at radius 3 is 2.47 bits per heavy atom. The fourth-order valence-electron chi connectivity index (χ4n) is 1.13. The van der Waals surface area contributed by atoms with Crippen molar-refractivity contribution in [3.8, 4) is 0 Å². The zero-order valence-corrected chi connectivity index (χ0v) is 9.47. The Morgan fingerprint density at radius 2 is 1.93 bits per heavy atom. The minimum atomic E-state index is -0.139. The first-order valence-corrected chi connectivity index (χ1v) is 5.46. The molecule has 0 saturated heterocycles. The zero-order valence-electron chi connectivity index (χ0n) is 7.90. The predicted octanol–water partition coefficient (Wildman–Crippen LogP) is 2.73. The van der Waals surface area contributed by atoms with Crippen LogP contribution in [-0.2, 0) is 0 Å². The summed E-state index contributed by atoms with van der Waals surface area (Å²) in [7, 11) is 0. The average molecular weight is 239 g/mol. The molecule has 15 heavy (non-hydrogen) atoms. The lowest BCUT2D eigenvalue weighted by atomic mass is 10.1. The van der Waals surface area contributed by atoms with E-state index in [0.717, 1.165) is 16.9 Å². The summed E-state index contributed by atoms with van der Waals surface area (Å²) in [6, 6.07) is 7.31. The first kappa shape index (κ1) is 10.3. The zero-order chi connectivity index (χ0) is 10.8. The molecule has 3 nitrogen and oxygen atoms in total. The fourth-order valence-corrected chi connectivity index (χ4v) is 1.92. The third-order valence-corrected chi connectivity index (χ3v) is 2.93. The molecular formula is C10H7ClN2OS. The van der Waals surface area contributed by atoms with Crippen molar-refractivity contribution in [3.05, 3.63) is 44.9 Å². The molecule has 0 bridgehead atoms. The summed E-state index contributed by atoms with van der Waals surface area (Å²) in [5, 5.41) is 7.62. The molecule has 5 heteroatoms. The first-order valence-electron chi connectivity index (χ1n) is 4.27. The normalized spacial score (nSPS) is 10.3. The summed E-state index contributed by atoms with van der Waals surface area (Å²) >= 11 is 6.70. The molecule has 1 heterocycles. The highest BCUT2D eigenvalue weighted by atomic mass is 35.5. The van der Waals surface area contributed by atoms with Gasteiger partial charge in [0.2, 0.25) is 10.3 Å². The van der Waals surface area contributed by atoms with Gasteiger partial charge in [-0.05, 0) is 18.5 Å². The van der Waals surface area contributed by atoms with Crippen LogP contribution in [0.2, 0.25) is 4.47 Å². The van der Waals surface area contributed by atoms with Gasteiger partial charge in [-0.25, -0.2) is 0 Å². The number of aromatic nitrogens is 2. The number of aryl methyl sites for hydroxylation is 1. The van der Waals surface area contributed by atoms with Crippen molar-refractivity contribution in [1.29, 1.82) is 0 Å². The minimum Gasteiger partial charge on any atom is -0.286 e. The molecule has 0 spiro atoms. The molecule has 0 saturated carbocycles. The summed E-state index contributed by atoms with van der Waals surface area (Å²) in [4.78, 5) is 11.8. The number of nitrogens with zero attached hydrogens (tertiary/aromatic N) is 2. The number of ketones is 1. The molecule has 0 aliphatic rings. The van der Waals surface area contributed by atoms with Crippen LogP contribution >= 0.6 is 22.9 Å². The molecule has 0 amide bonds. The molecule has 0 radical (unpaired) electrons. The molecule has 0 aliphatic carbocycles. The van der Waals surface area contributed by atoms with E-state index in [1.807, 2.05) is 19.1 Å². The number of rotatable bonds is 2. The number of carbonyl (C=O) groups excluding carboxylic acids is 1. The van der Waals surface area contributed by atoms with Crippen molar-refractivity contribution in [3.63, 3.8) is 0 Å². The third kappa shape index (κ3) is 2.22. The topological polar surface area (TPSA) is 42.9 Å². The maximum absolute atomic E-state index is 11.8. The van der Waals surface area contributed by atoms with Crippen LogP contribution in [0.1, 0.15) is 20.9 Å². The van der Waals surface area contributed by atoms with Crippen LogP contribution in [0.25, 0.3) is 0 Å². The monoisotopic (exact) mass is 238 g/mol. The van der Waals surface area contributed by atoms with Gasteiger partial charge in [-0.2, -0.15) is 0 Å². The van der Waals surface area contributed by atoms with Gasteiger partial charge >= 0.3 is 0 Å². The van der Waals surface area contributed by atoms with Crippen LogP contribution in [0.4, 0.5) is 0 Å². The summed E-state index contributed by atoms with van der Waals surface area (Å²) < 4.78 is 0.283. The van der Waals surface area contributed by atoms with E-state index in [9.17, 15) is 4.79 Å². The lowest BCUT2D eigenvalue weighted by Gasteiger charge is -1.96. The van der Waals surface area contributed by atoms with Gasteiger partial charge in [0.15, 0.2) is 5.01 Å². The Morgan fingerprint density at radius 1 is 1.27 bits per heavy atom. The van der Waals surface area contributed by atoms with E-state index in [2.05, 4.69) is 10.2 Å². The van der Waals surface area contributed by atoms with Gasteiger partial charge in [0.1, 0.15) is 0 Å². The lowest BCUT2D eigenvalue weighted by Crippen LogP contribution is -2.00. The second-order valence-electron chi connectivity index (χ2n) is 3.06. The largest absolute Gasteiger partial charge is 0.286 e. The maximum atomic E-state index is 11.8. The minimum absolute atomic E-state index is 0.139. The van der Waals surface area contributed by atoms with Crippen molar-refractivity contribution < 1.29 is 4.79 Å². The van der Waals surface area contributed by atoms with E-state index in [4.69, 9.17) is 11.6 Å². The second kappa shape index (κ2) is 4.08. The van der Waals surface area contributed by atoms with Gasteiger partial charge in [-0.15, -0.1) is 10.2 Å². The number of hydrogen-bond acceptors (Lipinski definition) is 4. The van der Waals surface area contributed by atoms with Crippen LogP contribution in [0, 0.1) is 6.92 Å². The summed E-state index contributed by atoms with van der Waals surface area (Å²) in [5.74, 6) is -0.139. The number of benzene rings is 1. The summed E-state index contributed by atoms with van der Waals surface area (Å²) in [6.45, 7) is 1.97. The molecule has 2 rings (SSSR count). The summed E-state index contributed by atoms with van der Waals surface area (Å²) in [5.41, 5.74) is 1.72. The molecule has 0 unspecified atom stereocenters. The van der Waals surface area contributed by atoms with Crippen molar-refractivity contribution in [2.45, 2.75) is 6.92 Å². The van der Waals surface area contributed by atoms with E-state index >= 15 is 0 Å². The molecule has 0 aliphatic heterocycles. The molecule has 2 aromatic rings. The average Bonchev–Trinajstić information content (AvgIpc) is 2.65. The standard InChI is InChI=1S/C10H7ClN2OS/c1-6-2-4-7(5-3-6)8(14)9-12-13-10(11)15-9/h2-5H,1H3. The van der Waals surface area contributed by atoms with Gasteiger partial charge in [-0.3, -0.25) is 4.79 Å². The van der Waals surface area contributed by atoms with E-state index in [0.29, 0.717) is 10.6 Å². The fraction of sp³-hybridized carbons (Fsp3) is 0.100. The van der Waals surface area contributed by atoms with Gasteiger partial charge in [-0.1, -0.05) is 41.2 Å². The molecule has 1 aromatic carbocycles. The highest BCUT2D eigenvalue weighted by molar-refractivity contribution is 7.17. The Bertz CT molecular complexity index is 492. The Kier molecular flexibility index (Phi) is 2.79. The molecule has 0 fully saturated rings. The van der Waals surface area contributed by atoms with Crippen molar-refractivity contribution >= 4 is 28.7 Å². The number of hydrogen-bond donors (Lipinski definition) is 0. The quantitative estimate of drug-likeness (QED) is 0.756. The van der Waals surface area contributed by atoms with Crippen LogP contribution in [0.15, 0.2) is 24.3 Å². The number of carbonyl (C=O) groups is 1. The first-order chi connectivity index (χ1) is 7.16. The molecule has 0 N–H and O–H groups in total. The Labute approximate surface area is 95.7 Å². The Balaban J connectivity index is 2.32. The van der Waals surface area contributed by atoms with Crippen molar-refractivity contribution in [2.24, 2.45) is 0 Å². The SMILES string of the molecule is Cc1ccc(C(=O)c2nnc(Cl)s2)cc1. The van der Waals surface area contributed by atoms with E-state index < -0.39 is 0 Å². The maximum Gasteiger partial charge on any atom is 0.223 e. The lowest BCUT2D eigenvalue weighted by molar-refractivity contribution is 0.103. The van der Waals surface area contributed by atoms with Gasteiger partial charge in [0.25, 0.3) is 0 Å². The molecule has 0 atom stereocenters. The van der Waals surface area contributed by atoms with Crippen LogP contribution in [-0.4, -0.2) is 16.0 Å². The highest BCUT2D eigenvalue weighted by Crippen LogP contribution is 2.18. The molecule has 1 aromatic heterocycles. The van der Waals surface area contributed by atoms with Gasteiger partial charge in [0.05, 0.1) is 0 Å². The third-order valence-electron chi connectivity index (χ3n) is 1.91. The van der Waals surface area contributed by atoms with E-state index in [1.165, 1.54) is 0 Å². The van der Waals surface area contributed by atoms with E-state index in [-0.39, 0.29) is 10.3 Å². The highest BCUT2D eigenvalue weighted by Gasteiger charge is 2.13. The summed E-state index contributed by atoms with van der Waals surface area (Å²) in [6.07, 6.45) is 0. The van der Waals surface area contributed by atoms with Crippen molar-refractivity contribution in [2.75, 3.05) is 0 Å². The van der Waals surface area contributed by atoms with E-state index in [1.54, 1.807) is 12.1 Å². The van der Waals surface area contributed by atoms with Crippen molar-refractivity contribution in [1.82, 2.24) is 10.2 Å². The smallest absolute Gasteiger partial charge is 0.223 e. The second-order valence-corrected chi connectivity index (χ2v) is 4.61. The number of halogens is 1. The predicted molar refractivity (Wildman–Crippen MR) is 59.5 cm³/mol. The molecular weight excluding hydrogens is 232 g/mol. The van der Waals surface area contributed by atoms with Crippen LogP contribution < -0.4 is 0 Å². The molecule has 76 valence electrons.